The highest BCUT2D eigenvalue weighted by Crippen LogP contribution is 2.31. The topological polar surface area (TPSA) is 44.3 Å². The summed E-state index contributed by atoms with van der Waals surface area (Å²) in [5, 5.41) is 0. The summed E-state index contributed by atoms with van der Waals surface area (Å²) in [4.78, 5) is 0. The number of rotatable bonds is 5. The van der Waals surface area contributed by atoms with Crippen LogP contribution in [0.15, 0.2) is 24.3 Å². The molecule has 0 aliphatic carbocycles. The molecule has 1 aromatic rings. The third-order valence-corrected chi connectivity index (χ3v) is 4.10. The molecule has 0 radical (unpaired) electrons. The Bertz CT molecular complexity index is 410. The van der Waals surface area contributed by atoms with Gasteiger partial charge in [-0.15, -0.1) is 4.72 Å². The first-order valence-electron chi connectivity index (χ1n) is 5.86. The van der Waals surface area contributed by atoms with Gasteiger partial charge >= 0.3 is 0 Å². The second-order valence-electron chi connectivity index (χ2n) is 5.05. The predicted octanol–water partition coefficient (Wildman–Crippen LogP) is 3.05. The molecule has 0 aliphatic heterocycles. The lowest BCUT2D eigenvalue weighted by molar-refractivity contribution is 0.107. The van der Waals surface area contributed by atoms with E-state index in [4.69, 9.17) is 4.74 Å². The Morgan fingerprint density at radius 1 is 1.26 bits per heavy atom. The molecule has 6 heteroatoms. The molecule has 19 heavy (non-hydrogen) atoms. The molecule has 3 nitrogen and oxygen atoms in total. The summed E-state index contributed by atoms with van der Waals surface area (Å²) in [5.41, 5.74) is 0.303. The number of ether oxygens (including phenoxy) is 1. The molecule has 2 atom stereocenters. The predicted molar refractivity (Wildman–Crippen MR) is 72.8 cm³/mol. The average Bonchev–Trinajstić information content (AvgIpc) is 2.34. The van der Waals surface area contributed by atoms with Gasteiger partial charge in [0.05, 0.1) is 7.11 Å². The summed E-state index contributed by atoms with van der Waals surface area (Å²) in [6, 6.07) is 5.17. The molecule has 0 fully saturated rings. The van der Waals surface area contributed by atoms with Crippen LogP contribution in [0.25, 0.3) is 0 Å². The Kier molecular flexibility index (Phi) is 5.58. The number of hydrogen-bond acceptors (Lipinski definition) is 3. The molecule has 0 spiro atoms. The van der Waals surface area contributed by atoms with Crippen LogP contribution in [0.1, 0.15) is 32.4 Å². The summed E-state index contributed by atoms with van der Waals surface area (Å²) in [5.74, 6) is 0.353. The van der Waals surface area contributed by atoms with E-state index >= 15 is 0 Å². The molecule has 0 aliphatic rings. The zero-order valence-corrected chi connectivity index (χ0v) is 12.3. The van der Waals surface area contributed by atoms with Gasteiger partial charge < -0.3 is 9.29 Å². The Morgan fingerprint density at radius 2 is 1.84 bits per heavy atom. The van der Waals surface area contributed by atoms with Crippen LogP contribution in [0.3, 0.4) is 0 Å². The maximum Gasteiger partial charge on any atom is 0.262 e. The fraction of sp³-hybridized carbons (Fsp3) is 0.538. The minimum atomic E-state index is -2.68. The number of hydrogen-bond donors (Lipinski definition) is 1. The molecule has 1 aromatic carbocycles. The highest BCUT2D eigenvalue weighted by atomic mass is 32.2. The average molecular weight is 291 g/mol. The molecular formula is C13H19F2NO2S. The third kappa shape index (κ3) is 4.33. The highest BCUT2D eigenvalue weighted by Gasteiger charge is 2.35. The molecule has 1 N–H and O–H groups in total. The van der Waals surface area contributed by atoms with Crippen molar-refractivity contribution in [2.45, 2.75) is 38.0 Å². The number of nitrogens with one attached hydrogen (secondary N) is 1. The normalized spacial score (nSPS) is 15.4. The van der Waals surface area contributed by atoms with Gasteiger partial charge in [-0.1, -0.05) is 18.2 Å². The SMILES string of the molecule is COc1ccccc1C(N[S@@+]([O-])C(C)(C)C)C(F)F. The second kappa shape index (κ2) is 6.54. The van der Waals surface area contributed by atoms with E-state index in [-0.39, 0.29) is 0 Å². The molecule has 0 amide bonds. The number of para-hydroxylation sites is 1. The molecule has 0 bridgehead atoms. The van der Waals surface area contributed by atoms with Crippen LogP contribution < -0.4 is 9.46 Å². The van der Waals surface area contributed by atoms with Gasteiger partial charge in [-0.3, -0.25) is 0 Å². The van der Waals surface area contributed by atoms with E-state index in [1.165, 1.54) is 7.11 Å². The van der Waals surface area contributed by atoms with Gasteiger partial charge in [0.1, 0.15) is 16.5 Å². The standard InChI is InChI=1S/C13H19F2NO2S/c1-13(2,3)19(17)16-11(12(14)15)9-7-5-6-8-10(9)18-4/h5-8,11-12,16H,1-4H3/t11?,19-/m0/s1. The van der Waals surface area contributed by atoms with Gasteiger partial charge in [-0.05, 0) is 26.8 Å². The van der Waals surface area contributed by atoms with E-state index in [2.05, 4.69) is 4.72 Å². The van der Waals surface area contributed by atoms with Crippen molar-refractivity contribution >= 4 is 11.4 Å². The van der Waals surface area contributed by atoms with Crippen molar-refractivity contribution in [3.8, 4) is 5.75 Å². The molecule has 1 unspecified atom stereocenters. The van der Waals surface area contributed by atoms with Crippen molar-refractivity contribution < 1.29 is 18.1 Å². The lowest BCUT2D eigenvalue weighted by atomic mass is 10.1. The van der Waals surface area contributed by atoms with Gasteiger partial charge in [0.15, 0.2) is 0 Å². The van der Waals surface area contributed by atoms with E-state index in [0.717, 1.165) is 0 Å². The van der Waals surface area contributed by atoms with Gasteiger partial charge in [0.2, 0.25) is 0 Å². The zero-order chi connectivity index (χ0) is 14.6. The number of alkyl halides is 2. The Hall–Kier alpha value is -0.850. The first-order valence-corrected chi connectivity index (χ1v) is 7.01. The summed E-state index contributed by atoms with van der Waals surface area (Å²) in [6.07, 6.45) is -2.68. The summed E-state index contributed by atoms with van der Waals surface area (Å²) >= 11 is -1.58. The number of benzene rings is 1. The van der Waals surface area contributed by atoms with E-state index in [1.54, 1.807) is 45.0 Å². The molecule has 0 saturated carbocycles. The maximum absolute atomic E-state index is 13.2. The van der Waals surface area contributed by atoms with Crippen molar-refractivity contribution in [2.24, 2.45) is 0 Å². The first-order chi connectivity index (χ1) is 8.77. The fourth-order valence-corrected chi connectivity index (χ4v) is 2.28. The number of methoxy groups -OCH3 is 1. The lowest BCUT2D eigenvalue weighted by Crippen LogP contribution is -2.43. The number of halogens is 2. The van der Waals surface area contributed by atoms with Crippen LogP contribution in [-0.4, -0.2) is 22.8 Å². The van der Waals surface area contributed by atoms with Crippen molar-refractivity contribution in [1.29, 1.82) is 0 Å². The highest BCUT2D eigenvalue weighted by molar-refractivity contribution is 7.90. The van der Waals surface area contributed by atoms with E-state index in [1.807, 2.05) is 0 Å². The minimum absolute atomic E-state index is 0.303. The molecule has 0 saturated heterocycles. The van der Waals surface area contributed by atoms with E-state index in [9.17, 15) is 13.3 Å². The van der Waals surface area contributed by atoms with Crippen molar-refractivity contribution in [3.05, 3.63) is 29.8 Å². The van der Waals surface area contributed by atoms with Gasteiger partial charge in [0, 0.05) is 16.9 Å². The quantitative estimate of drug-likeness (QED) is 0.848. The van der Waals surface area contributed by atoms with Crippen LogP contribution in [0.5, 0.6) is 5.75 Å². The van der Waals surface area contributed by atoms with Crippen molar-refractivity contribution in [1.82, 2.24) is 4.72 Å². The first kappa shape index (κ1) is 16.2. The van der Waals surface area contributed by atoms with Crippen LogP contribution in [0.4, 0.5) is 8.78 Å². The van der Waals surface area contributed by atoms with Gasteiger partial charge in [-0.2, -0.15) is 0 Å². The van der Waals surface area contributed by atoms with Gasteiger partial charge in [-0.25, -0.2) is 8.78 Å². The van der Waals surface area contributed by atoms with E-state index < -0.39 is 28.6 Å². The molecule has 0 aromatic heterocycles. The summed E-state index contributed by atoms with van der Waals surface area (Å²) < 4.78 is 45.3. The molecule has 1 rings (SSSR count). The lowest BCUT2D eigenvalue weighted by Gasteiger charge is -2.28. The fourth-order valence-electron chi connectivity index (χ4n) is 1.47. The zero-order valence-electron chi connectivity index (χ0n) is 11.4. The monoisotopic (exact) mass is 291 g/mol. The Labute approximate surface area is 115 Å². The largest absolute Gasteiger partial charge is 0.598 e. The Balaban J connectivity index is 3.01. The van der Waals surface area contributed by atoms with Crippen LogP contribution in [0, 0.1) is 0 Å². The van der Waals surface area contributed by atoms with Crippen LogP contribution in [0.2, 0.25) is 0 Å². The molecule has 0 heterocycles. The van der Waals surface area contributed by atoms with Crippen molar-refractivity contribution in [2.75, 3.05) is 7.11 Å². The summed E-state index contributed by atoms with van der Waals surface area (Å²) in [6.45, 7) is 5.17. The maximum atomic E-state index is 13.2. The molecular weight excluding hydrogens is 272 g/mol. The van der Waals surface area contributed by atoms with Gasteiger partial charge in [0.25, 0.3) is 6.43 Å². The minimum Gasteiger partial charge on any atom is -0.598 e. The Morgan fingerprint density at radius 3 is 2.32 bits per heavy atom. The van der Waals surface area contributed by atoms with Crippen LogP contribution in [-0.2, 0) is 11.4 Å². The summed E-state index contributed by atoms with van der Waals surface area (Å²) in [7, 11) is 1.42. The third-order valence-electron chi connectivity index (χ3n) is 2.52. The smallest absolute Gasteiger partial charge is 0.262 e. The van der Waals surface area contributed by atoms with Crippen LogP contribution >= 0.6 is 0 Å². The molecule has 108 valence electrons. The van der Waals surface area contributed by atoms with Crippen molar-refractivity contribution in [3.63, 3.8) is 0 Å². The second-order valence-corrected chi connectivity index (χ2v) is 7.05. The van der Waals surface area contributed by atoms with E-state index in [0.29, 0.717) is 11.3 Å².